The number of nitro benzene ring substituents is 1. The predicted molar refractivity (Wildman–Crippen MR) is 112 cm³/mol. The van der Waals surface area contributed by atoms with E-state index in [0.717, 1.165) is 11.8 Å². The topological polar surface area (TPSA) is 147 Å². The van der Waals surface area contributed by atoms with Crippen LogP contribution >= 0.6 is 11.8 Å². The standard InChI is InChI=1S/C21H13N5O3S/c22-10-16-19(14-6-8-15(9-7-14)26(28)29)17(11-23)21(25-20(16)24)30-12-18(27)13-4-2-1-3-5-13/h1-9H,12H2,(H2,24,25). The third kappa shape index (κ3) is 4.12. The van der Waals surface area contributed by atoms with Gasteiger partial charge >= 0.3 is 0 Å². The zero-order chi connectivity index (χ0) is 21.7. The molecule has 0 fully saturated rings. The van der Waals surface area contributed by atoms with Crippen LogP contribution in [0.5, 0.6) is 0 Å². The van der Waals surface area contributed by atoms with Crippen molar-refractivity contribution < 1.29 is 9.72 Å². The van der Waals surface area contributed by atoms with Gasteiger partial charge < -0.3 is 5.73 Å². The molecule has 0 amide bonds. The number of Topliss-reactive ketones (excluding diaryl/α,β-unsaturated/α-hetero) is 1. The lowest BCUT2D eigenvalue weighted by Crippen LogP contribution is -2.06. The van der Waals surface area contributed by atoms with Gasteiger partial charge in [0.2, 0.25) is 0 Å². The molecule has 0 atom stereocenters. The van der Waals surface area contributed by atoms with Crippen LogP contribution in [-0.2, 0) is 0 Å². The molecule has 8 nitrogen and oxygen atoms in total. The molecular weight excluding hydrogens is 402 g/mol. The Morgan fingerprint density at radius 2 is 1.70 bits per heavy atom. The summed E-state index contributed by atoms with van der Waals surface area (Å²) in [6.45, 7) is 0. The summed E-state index contributed by atoms with van der Waals surface area (Å²) in [6.07, 6.45) is 0. The molecular formula is C21H13N5O3S. The quantitative estimate of drug-likeness (QED) is 0.275. The summed E-state index contributed by atoms with van der Waals surface area (Å²) in [5, 5.41) is 30.4. The van der Waals surface area contributed by atoms with Crippen LogP contribution in [0.1, 0.15) is 21.5 Å². The largest absolute Gasteiger partial charge is 0.383 e. The Labute approximate surface area is 175 Å². The minimum atomic E-state index is -0.544. The molecule has 0 bridgehead atoms. The molecule has 0 radical (unpaired) electrons. The van der Waals surface area contributed by atoms with Crippen LogP contribution in [-0.4, -0.2) is 21.4 Å². The Morgan fingerprint density at radius 3 is 2.27 bits per heavy atom. The third-order valence-corrected chi connectivity index (χ3v) is 5.19. The number of nitro groups is 1. The molecule has 1 heterocycles. The SMILES string of the molecule is N#Cc1c(N)nc(SCC(=O)c2ccccc2)c(C#N)c1-c1ccc([N+](=O)[O-])cc1. The van der Waals surface area contributed by atoms with Crippen molar-refractivity contribution in [3.8, 4) is 23.3 Å². The number of carbonyl (C=O) groups excluding carboxylic acids is 1. The number of anilines is 1. The molecule has 0 aliphatic rings. The fraction of sp³-hybridized carbons (Fsp3) is 0.0476. The summed E-state index contributed by atoms with van der Waals surface area (Å²) in [5.41, 5.74) is 7.08. The summed E-state index contributed by atoms with van der Waals surface area (Å²) in [6, 6.07) is 18.1. The van der Waals surface area contributed by atoms with Crippen molar-refractivity contribution in [2.24, 2.45) is 0 Å². The maximum Gasteiger partial charge on any atom is 0.269 e. The Bertz CT molecular complexity index is 1210. The lowest BCUT2D eigenvalue weighted by molar-refractivity contribution is -0.384. The molecule has 3 aromatic rings. The summed E-state index contributed by atoms with van der Waals surface area (Å²) < 4.78 is 0. The average molecular weight is 415 g/mol. The van der Waals surface area contributed by atoms with Crippen molar-refractivity contribution >= 4 is 29.1 Å². The number of hydrogen-bond acceptors (Lipinski definition) is 8. The normalized spacial score (nSPS) is 10.1. The number of benzene rings is 2. The van der Waals surface area contributed by atoms with E-state index in [0.29, 0.717) is 11.1 Å². The summed E-state index contributed by atoms with van der Waals surface area (Å²) in [4.78, 5) is 26.9. The van der Waals surface area contributed by atoms with Crippen molar-refractivity contribution in [3.63, 3.8) is 0 Å². The fourth-order valence-electron chi connectivity index (χ4n) is 2.78. The maximum absolute atomic E-state index is 12.4. The highest BCUT2D eigenvalue weighted by molar-refractivity contribution is 8.00. The van der Waals surface area contributed by atoms with E-state index in [1.807, 2.05) is 12.1 Å². The van der Waals surface area contributed by atoms with Gasteiger partial charge in [-0.25, -0.2) is 4.98 Å². The molecule has 2 aromatic carbocycles. The molecule has 30 heavy (non-hydrogen) atoms. The molecule has 0 saturated heterocycles. The highest BCUT2D eigenvalue weighted by Crippen LogP contribution is 2.36. The van der Waals surface area contributed by atoms with Crippen LogP contribution in [0.3, 0.4) is 0 Å². The van der Waals surface area contributed by atoms with E-state index in [9.17, 15) is 25.4 Å². The third-order valence-electron chi connectivity index (χ3n) is 4.22. The van der Waals surface area contributed by atoms with Gasteiger partial charge in [0, 0.05) is 23.3 Å². The average Bonchev–Trinajstić information content (AvgIpc) is 2.77. The Hall–Kier alpha value is -4.21. The molecule has 3 rings (SSSR count). The Kier molecular flexibility index (Phi) is 6.06. The minimum absolute atomic E-state index is 0.000797. The van der Waals surface area contributed by atoms with E-state index in [1.165, 1.54) is 24.3 Å². The number of thioether (sulfide) groups is 1. The van der Waals surface area contributed by atoms with Gasteiger partial charge in [0.1, 0.15) is 28.5 Å². The van der Waals surface area contributed by atoms with Crippen molar-refractivity contribution in [3.05, 3.63) is 81.4 Å². The van der Waals surface area contributed by atoms with Gasteiger partial charge in [0.15, 0.2) is 5.78 Å². The number of carbonyl (C=O) groups is 1. The second-order valence-electron chi connectivity index (χ2n) is 6.03. The molecule has 1 aromatic heterocycles. The summed E-state index contributed by atoms with van der Waals surface area (Å²) in [7, 11) is 0. The van der Waals surface area contributed by atoms with Crippen LogP contribution in [0, 0.1) is 32.8 Å². The highest BCUT2D eigenvalue weighted by Gasteiger charge is 2.22. The van der Waals surface area contributed by atoms with Gasteiger partial charge in [-0.3, -0.25) is 14.9 Å². The molecule has 0 unspecified atom stereocenters. The lowest BCUT2D eigenvalue weighted by Gasteiger charge is -2.12. The lowest BCUT2D eigenvalue weighted by atomic mass is 9.97. The molecule has 146 valence electrons. The Morgan fingerprint density at radius 1 is 1.07 bits per heavy atom. The fourth-order valence-corrected chi connectivity index (χ4v) is 3.67. The molecule has 0 spiro atoms. The second-order valence-corrected chi connectivity index (χ2v) is 7.00. The van der Waals surface area contributed by atoms with Crippen molar-refractivity contribution in [2.45, 2.75) is 5.03 Å². The number of nitrogens with two attached hydrogens (primary N) is 1. The van der Waals surface area contributed by atoms with E-state index in [2.05, 4.69) is 4.98 Å². The first-order chi connectivity index (χ1) is 14.5. The smallest absolute Gasteiger partial charge is 0.269 e. The van der Waals surface area contributed by atoms with E-state index < -0.39 is 4.92 Å². The van der Waals surface area contributed by atoms with E-state index in [-0.39, 0.29) is 44.8 Å². The van der Waals surface area contributed by atoms with Gasteiger partial charge in [-0.1, -0.05) is 42.1 Å². The minimum Gasteiger partial charge on any atom is -0.383 e. The van der Waals surface area contributed by atoms with Crippen LogP contribution in [0.2, 0.25) is 0 Å². The molecule has 0 aliphatic heterocycles. The van der Waals surface area contributed by atoms with Crippen molar-refractivity contribution in [1.82, 2.24) is 4.98 Å². The van der Waals surface area contributed by atoms with Gasteiger partial charge in [0.05, 0.1) is 16.2 Å². The molecule has 0 saturated carbocycles. The molecule has 2 N–H and O–H groups in total. The van der Waals surface area contributed by atoms with Crippen molar-refractivity contribution in [2.75, 3.05) is 11.5 Å². The van der Waals surface area contributed by atoms with Crippen LogP contribution in [0.15, 0.2) is 59.6 Å². The zero-order valence-corrected chi connectivity index (χ0v) is 16.2. The summed E-state index contributed by atoms with van der Waals surface area (Å²) >= 11 is 1.04. The van der Waals surface area contributed by atoms with E-state index in [1.54, 1.807) is 30.3 Å². The van der Waals surface area contributed by atoms with Gasteiger partial charge in [0.25, 0.3) is 5.69 Å². The number of nitrogen functional groups attached to an aromatic ring is 1. The zero-order valence-electron chi connectivity index (χ0n) is 15.4. The molecule has 0 aliphatic carbocycles. The number of nitriles is 2. The molecule has 9 heteroatoms. The van der Waals surface area contributed by atoms with E-state index in [4.69, 9.17) is 5.73 Å². The maximum atomic E-state index is 12.4. The first-order valence-corrected chi connectivity index (χ1v) is 9.54. The monoisotopic (exact) mass is 415 g/mol. The van der Waals surface area contributed by atoms with E-state index >= 15 is 0 Å². The van der Waals surface area contributed by atoms with Gasteiger partial charge in [-0.2, -0.15) is 10.5 Å². The van der Waals surface area contributed by atoms with Crippen molar-refractivity contribution in [1.29, 1.82) is 10.5 Å². The first-order valence-electron chi connectivity index (χ1n) is 8.55. The van der Waals surface area contributed by atoms with Crippen LogP contribution in [0.25, 0.3) is 11.1 Å². The number of nitrogens with zero attached hydrogens (tertiary/aromatic N) is 4. The number of non-ortho nitro benzene ring substituents is 1. The number of rotatable bonds is 6. The Balaban J connectivity index is 2.03. The predicted octanol–water partition coefficient (Wildman–Crippen LogP) is 3.96. The summed E-state index contributed by atoms with van der Waals surface area (Å²) in [5.74, 6) is -0.206. The van der Waals surface area contributed by atoms with Crippen LogP contribution < -0.4 is 5.73 Å². The first kappa shape index (κ1) is 20.5. The number of aromatic nitrogens is 1. The second kappa shape index (κ2) is 8.86. The number of hydrogen-bond donors (Lipinski definition) is 1. The number of ketones is 1. The van der Waals surface area contributed by atoms with Crippen LogP contribution in [0.4, 0.5) is 11.5 Å². The van der Waals surface area contributed by atoms with Gasteiger partial charge in [-0.05, 0) is 17.7 Å². The number of pyridine rings is 1. The highest BCUT2D eigenvalue weighted by atomic mass is 32.2. The van der Waals surface area contributed by atoms with Gasteiger partial charge in [-0.15, -0.1) is 0 Å².